The van der Waals surface area contributed by atoms with Crippen molar-refractivity contribution < 1.29 is 19.3 Å². The molecular weight excluding hydrogens is 276 g/mol. The number of fused-ring (bicyclic) bond motifs is 1. The van der Waals surface area contributed by atoms with E-state index in [1.54, 1.807) is 11.8 Å². The van der Waals surface area contributed by atoms with E-state index in [9.17, 15) is 5.11 Å². The number of hydrogen-bond donors (Lipinski definition) is 1. The predicted octanol–water partition coefficient (Wildman–Crippen LogP) is 2.40. The van der Waals surface area contributed by atoms with Crippen LogP contribution >= 0.6 is 11.8 Å². The van der Waals surface area contributed by atoms with Gasteiger partial charge in [-0.3, -0.25) is 0 Å². The van der Waals surface area contributed by atoms with Crippen LogP contribution in [0.5, 0.6) is 0 Å². The summed E-state index contributed by atoms with van der Waals surface area (Å²) in [4.78, 5) is 1.12. The van der Waals surface area contributed by atoms with Gasteiger partial charge in [0.2, 0.25) is 0 Å². The summed E-state index contributed by atoms with van der Waals surface area (Å²) in [5, 5.41) is 10.2. The molecule has 3 rings (SSSR count). The number of rotatable bonds is 2. The highest BCUT2D eigenvalue weighted by Gasteiger charge is 2.54. The Morgan fingerprint density at radius 1 is 1.10 bits per heavy atom. The lowest BCUT2D eigenvalue weighted by molar-refractivity contribution is -0.159. The molecule has 2 aliphatic rings. The summed E-state index contributed by atoms with van der Waals surface area (Å²) in [5.74, 6) is -0.681. The number of ether oxygens (including phenoxy) is 3. The van der Waals surface area contributed by atoms with E-state index in [1.165, 1.54) is 0 Å². The standard InChI is InChI=1S/C15H20O4S/c1-9-11(16)12-13(19-15(2,3)18-12)14(17-9)20-10-7-5-4-6-8-10/h4-9,11-14,16H,1-3H3/t9?,11-,12?,13?,14-/m0/s1. The zero-order valence-corrected chi connectivity index (χ0v) is 12.7. The first-order chi connectivity index (χ1) is 9.46. The van der Waals surface area contributed by atoms with Crippen LogP contribution < -0.4 is 0 Å². The Kier molecular flexibility index (Phi) is 3.81. The van der Waals surface area contributed by atoms with Crippen molar-refractivity contribution in [1.82, 2.24) is 0 Å². The molecule has 0 bridgehead atoms. The molecular formula is C15H20O4S. The largest absolute Gasteiger partial charge is 0.388 e. The molecule has 0 amide bonds. The lowest BCUT2D eigenvalue weighted by atomic mass is 10.0. The zero-order valence-electron chi connectivity index (χ0n) is 11.9. The Hall–Kier alpha value is -0.590. The Balaban J connectivity index is 1.80. The van der Waals surface area contributed by atoms with Gasteiger partial charge in [-0.05, 0) is 32.9 Å². The van der Waals surface area contributed by atoms with Crippen molar-refractivity contribution in [3.8, 4) is 0 Å². The van der Waals surface area contributed by atoms with Crippen LogP contribution in [0.25, 0.3) is 0 Å². The van der Waals surface area contributed by atoms with Crippen molar-refractivity contribution in [2.24, 2.45) is 0 Å². The molecule has 2 aliphatic heterocycles. The first-order valence-corrected chi connectivity index (χ1v) is 7.75. The normalized spacial score (nSPS) is 39.5. The van der Waals surface area contributed by atoms with Crippen LogP contribution in [0.15, 0.2) is 35.2 Å². The highest BCUT2D eigenvalue weighted by Crippen LogP contribution is 2.42. The van der Waals surface area contributed by atoms with Crippen molar-refractivity contribution in [3.63, 3.8) is 0 Å². The fourth-order valence-electron chi connectivity index (χ4n) is 2.66. The van der Waals surface area contributed by atoms with Crippen LogP contribution in [-0.2, 0) is 14.2 Å². The van der Waals surface area contributed by atoms with Gasteiger partial charge >= 0.3 is 0 Å². The molecule has 5 heteroatoms. The lowest BCUT2D eigenvalue weighted by Crippen LogP contribution is -2.54. The number of benzene rings is 1. The Labute approximate surface area is 123 Å². The van der Waals surface area contributed by atoms with Gasteiger partial charge in [0.05, 0.1) is 6.10 Å². The summed E-state index contributed by atoms with van der Waals surface area (Å²) in [7, 11) is 0. The average Bonchev–Trinajstić information content (AvgIpc) is 2.73. The van der Waals surface area contributed by atoms with E-state index in [2.05, 4.69) is 0 Å². The Morgan fingerprint density at radius 2 is 1.75 bits per heavy atom. The van der Waals surface area contributed by atoms with Crippen LogP contribution in [0.1, 0.15) is 20.8 Å². The third kappa shape index (κ3) is 2.73. The van der Waals surface area contributed by atoms with Gasteiger partial charge in [-0.1, -0.05) is 30.0 Å². The summed E-state index contributed by atoms with van der Waals surface area (Å²) in [6, 6.07) is 10.1. The monoisotopic (exact) mass is 296 g/mol. The van der Waals surface area contributed by atoms with Crippen LogP contribution in [0.2, 0.25) is 0 Å². The van der Waals surface area contributed by atoms with Gasteiger partial charge < -0.3 is 19.3 Å². The molecule has 2 heterocycles. The van der Waals surface area contributed by atoms with Gasteiger partial charge in [0, 0.05) is 4.90 Å². The van der Waals surface area contributed by atoms with E-state index in [1.807, 2.05) is 51.1 Å². The number of aliphatic hydroxyl groups is 1. The molecule has 0 radical (unpaired) electrons. The zero-order chi connectivity index (χ0) is 14.3. The molecule has 110 valence electrons. The minimum Gasteiger partial charge on any atom is -0.388 e. The van der Waals surface area contributed by atoms with Crippen molar-refractivity contribution in [1.29, 1.82) is 0 Å². The van der Waals surface area contributed by atoms with E-state index in [4.69, 9.17) is 14.2 Å². The van der Waals surface area contributed by atoms with Crippen molar-refractivity contribution in [2.75, 3.05) is 0 Å². The highest BCUT2D eigenvalue weighted by atomic mass is 32.2. The predicted molar refractivity (Wildman–Crippen MR) is 76.5 cm³/mol. The molecule has 3 unspecified atom stereocenters. The van der Waals surface area contributed by atoms with Gasteiger partial charge in [0.15, 0.2) is 5.79 Å². The fourth-order valence-corrected chi connectivity index (χ4v) is 3.81. The average molecular weight is 296 g/mol. The third-order valence-corrected chi connectivity index (χ3v) is 4.75. The van der Waals surface area contributed by atoms with Crippen molar-refractivity contribution in [3.05, 3.63) is 30.3 Å². The topological polar surface area (TPSA) is 47.9 Å². The smallest absolute Gasteiger partial charge is 0.164 e. The first-order valence-electron chi connectivity index (χ1n) is 6.87. The summed E-state index contributed by atoms with van der Waals surface area (Å²) in [6.07, 6.45) is -1.53. The van der Waals surface area contributed by atoms with Gasteiger partial charge in [-0.15, -0.1) is 0 Å². The Bertz CT molecular complexity index is 464. The van der Waals surface area contributed by atoms with E-state index in [-0.39, 0.29) is 23.7 Å². The quantitative estimate of drug-likeness (QED) is 0.908. The van der Waals surface area contributed by atoms with E-state index in [0.717, 1.165) is 4.90 Å². The van der Waals surface area contributed by atoms with Crippen LogP contribution in [-0.4, -0.2) is 40.7 Å². The minimum atomic E-state index is -0.681. The third-order valence-electron chi connectivity index (χ3n) is 3.59. The number of thioether (sulfide) groups is 1. The highest BCUT2D eigenvalue weighted by molar-refractivity contribution is 7.99. The van der Waals surface area contributed by atoms with Gasteiger partial charge in [-0.2, -0.15) is 0 Å². The molecule has 5 atom stereocenters. The van der Waals surface area contributed by atoms with Gasteiger partial charge in [0.25, 0.3) is 0 Å². The second kappa shape index (κ2) is 5.31. The lowest BCUT2D eigenvalue weighted by Gasteiger charge is -2.38. The van der Waals surface area contributed by atoms with Crippen LogP contribution in [0.3, 0.4) is 0 Å². The van der Waals surface area contributed by atoms with E-state index >= 15 is 0 Å². The SMILES string of the molecule is CC1O[C@@H](Sc2ccccc2)C2OC(C)(C)OC2[C@H]1O. The van der Waals surface area contributed by atoms with Crippen molar-refractivity contribution >= 4 is 11.8 Å². The Morgan fingerprint density at radius 3 is 2.45 bits per heavy atom. The molecule has 20 heavy (non-hydrogen) atoms. The fraction of sp³-hybridized carbons (Fsp3) is 0.600. The molecule has 1 aromatic carbocycles. The molecule has 0 saturated carbocycles. The second-order valence-corrected chi connectivity index (χ2v) is 6.87. The summed E-state index contributed by atoms with van der Waals surface area (Å²) < 4.78 is 17.7. The maximum Gasteiger partial charge on any atom is 0.164 e. The minimum absolute atomic E-state index is 0.178. The molecule has 0 aromatic heterocycles. The van der Waals surface area contributed by atoms with E-state index in [0.29, 0.717) is 0 Å². The molecule has 2 fully saturated rings. The maximum absolute atomic E-state index is 10.2. The van der Waals surface area contributed by atoms with Crippen LogP contribution in [0, 0.1) is 0 Å². The summed E-state index contributed by atoms with van der Waals surface area (Å²) in [5.41, 5.74) is -0.178. The first kappa shape index (κ1) is 14.4. The maximum atomic E-state index is 10.2. The molecule has 0 aliphatic carbocycles. The number of aliphatic hydroxyl groups excluding tert-OH is 1. The van der Waals surface area contributed by atoms with Gasteiger partial charge in [-0.25, -0.2) is 0 Å². The summed E-state index contributed by atoms with van der Waals surface area (Å²) in [6.45, 7) is 5.61. The molecule has 2 saturated heterocycles. The van der Waals surface area contributed by atoms with E-state index < -0.39 is 11.9 Å². The molecule has 1 N–H and O–H groups in total. The molecule has 1 aromatic rings. The van der Waals surface area contributed by atoms with Crippen LogP contribution in [0.4, 0.5) is 0 Å². The molecule has 0 spiro atoms. The number of hydrogen-bond acceptors (Lipinski definition) is 5. The second-order valence-electron chi connectivity index (χ2n) is 5.70. The molecule has 4 nitrogen and oxygen atoms in total. The summed E-state index contributed by atoms with van der Waals surface area (Å²) >= 11 is 1.61. The van der Waals surface area contributed by atoms with Gasteiger partial charge in [0.1, 0.15) is 23.7 Å². The van der Waals surface area contributed by atoms with Crippen molar-refractivity contribution in [2.45, 2.75) is 61.3 Å².